The van der Waals surface area contributed by atoms with E-state index in [4.69, 9.17) is 5.73 Å². The molecule has 0 unspecified atom stereocenters. The van der Waals surface area contributed by atoms with Gasteiger partial charge in [0.25, 0.3) is 0 Å². The van der Waals surface area contributed by atoms with Crippen LogP contribution in [0.4, 0.5) is 18.9 Å². The molecule has 0 bridgehead atoms. The van der Waals surface area contributed by atoms with Gasteiger partial charge in [0.15, 0.2) is 5.82 Å². The van der Waals surface area contributed by atoms with Gasteiger partial charge in [-0.05, 0) is 41.5 Å². The minimum Gasteiger partial charge on any atom is -0.397 e. The van der Waals surface area contributed by atoms with E-state index in [1.807, 2.05) is 0 Å². The van der Waals surface area contributed by atoms with Crippen LogP contribution >= 0.6 is 0 Å². The highest BCUT2D eigenvalue weighted by atomic mass is 19.4. The lowest BCUT2D eigenvalue weighted by Gasteiger charge is -2.11. The van der Waals surface area contributed by atoms with Crippen LogP contribution in [0.1, 0.15) is 30.1 Å². The molecule has 19 heavy (non-hydrogen) atoms. The number of anilines is 1. The van der Waals surface area contributed by atoms with Crippen molar-refractivity contribution in [2.75, 3.05) is 5.73 Å². The van der Waals surface area contributed by atoms with Crippen molar-refractivity contribution in [3.63, 3.8) is 0 Å². The van der Waals surface area contributed by atoms with Crippen LogP contribution in [0.5, 0.6) is 0 Å². The third-order valence-corrected chi connectivity index (χ3v) is 3.02. The molecular weight excluding hydrogens is 259 g/mol. The van der Waals surface area contributed by atoms with Gasteiger partial charge in [0, 0.05) is 5.92 Å². The van der Waals surface area contributed by atoms with Crippen molar-refractivity contribution < 1.29 is 13.2 Å². The number of aromatic nitrogens is 4. The molecule has 0 radical (unpaired) electrons. The predicted molar refractivity (Wildman–Crippen MR) is 60.5 cm³/mol. The lowest BCUT2D eigenvalue weighted by atomic mass is 10.1. The molecule has 0 amide bonds. The lowest BCUT2D eigenvalue weighted by Crippen LogP contribution is -2.09. The summed E-state index contributed by atoms with van der Waals surface area (Å²) >= 11 is 0. The Kier molecular flexibility index (Phi) is 2.48. The number of nitrogen functional groups attached to an aromatic ring is 1. The maximum atomic E-state index is 12.6. The molecule has 0 aliphatic heterocycles. The molecule has 0 atom stereocenters. The van der Waals surface area contributed by atoms with E-state index in [2.05, 4.69) is 15.5 Å². The van der Waals surface area contributed by atoms with Crippen molar-refractivity contribution in [1.29, 1.82) is 0 Å². The second-order valence-corrected chi connectivity index (χ2v) is 4.49. The van der Waals surface area contributed by atoms with E-state index < -0.39 is 11.7 Å². The first-order chi connectivity index (χ1) is 8.97. The van der Waals surface area contributed by atoms with Crippen LogP contribution in [-0.4, -0.2) is 20.2 Å². The Bertz CT molecular complexity index is 615. The zero-order valence-electron chi connectivity index (χ0n) is 9.72. The zero-order chi connectivity index (χ0) is 13.6. The predicted octanol–water partition coefficient (Wildman–Crippen LogP) is 2.14. The van der Waals surface area contributed by atoms with Gasteiger partial charge in [-0.2, -0.15) is 17.9 Å². The minimum atomic E-state index is -4.41. The number of rotatable bonds is 2. The highest BCUT2D eigenvalue weighted by Gasteiger charge is 2.33. The Balaban J connectivity index is 2.03. The van der Waals surface area contributed by atoms with Crippen molar-refractivity contribution in [1.82, 2.24) is 20.2 Å². The van der Waals surface area contributed by atoms with Crippen LogP contribution in [-0.2, 0) is 6.18 Å². The molecule has 1 aliphatic rings. The smallest absolute Gasteiger partial charge is 0.397 e. The lowest BCUT2D eigenvalue weighted by molar-refractivity contribution is -0.137. The van der Waals surface area contributed by atoms with E-state index in [1.165, 1.54) is 10.7 Å². The highest BCUT2D eigenvalue weighted by Crippen LogP contribution is 2.40. The second-order valence-electron chi connectivity index (χ2n) is 4.49. The Hall–Kier alpha value is -2.12. The van der Waals surface area contributed by atoms with Gasteiger partial charge in [-0.1, -0.05) is 0 Å². The normalized spacial score (nSPS) is 15.7. The summed E-state index contributed by atoms with van der Waals surface area (Å²) in [4.78, 5) is 0. The minimum absolute atomic E-state index is 0.00373. The summed E-state index contributed by atoms with van der Waals surface area (Å²) in [6.45, 7) is 0. The maximum absolute atomic E-state index is 12.6. The number of hydrogen-bond donors (Lipinski definition) is 1. The summed E-state index contributed by atoms with van der Waals surface area (Å²) in [7, 11) is 0. The summed E-state index contributed by atoms with van der Waals surface area (Å²) in [6, 6.07) is 3.16. The monoisotopic (exact) mass is 269 g/mol. The number of benzene rings is 1. The Morgan fingerprint density at radius 3 is 2.58 bits per heavy atom. The van der Waals surface area contributed by atoms with Gasteiger partial charge in [-0.15, -0.1) is 5.10 Å². The summed E-state index contributed by atoms with van der Waals surface area (Å²) in [6.07, 6.45) is -2.44. The number of hydrogen-bond acceptors (Lipinski definition) is 4. The number of tetrazole rings is 1. The number of halogens is 3. The average Bonchev–Trinajstić information content (AvgIpc) is 3.07. The molecule has 5 nitrogen and oxygen atoms in total. The first kappa shape index (κ1) is 11.9. The van der Waals surface area contributed by atoms with Crippen LogP contribution in [0, 0.1) is 0 Å². The average molecular weight is 269 g/mol. The van der Waals surface area contributed by atoms with E-state index in [-0.39, 0.29) is 11.6 Å². The summed E-state index contributed by atoms with van der Waals surface area (Å²) in [5, 5.41) is 11.2. The number of nitrogens with two attached hydrogens (primary N) is 1. The molecule has 1 heterocycles. The van der Waals surface area contributed by atoms with Crippen LogP contribution in [0.3, 0.4) is 0 Å². The fourth-order valence-electron chi connectivity index (χ4n) is 1.89. The molecule has 1 aromatic carbocycles. The van der Waals surface area contributed by atoms with E-state index in [0.29, 0.717) is 11.5 Å². The summed E-state index contributed by atoms with van der Waals surface area (Å²) in [5.74, 6) is 0.920. The first-order valence-corrected chi connectivity index (χ1v) is 5.72. The van der Waals surface area contributed by atoms with Gasteiger partial charge in [0.1, 0.15) is 0 Å². The van der Waals surface area contributed by atoms with Crippen molar-refractivity contribution in [2.24, 2.45) is 0 Å². The standard InChI is InChI=1S/C11H10F3N5/c12-11(13,14)7-3-4-9(8(15)5-7)19-10(6-1-2-6)16-17-18-19/h3-6H,1-2,15H2. The van der Waals surface area contributed by atoms with Crippen molar-refractivity contribution in [3.05, 3.63) is 29.6 Å². The van der Waals surface area contributed by atoms with Crippen LogP contribution in [0.25, 0.3) is 5.69 Å². The van der Waals surface area contributed by atoms with E-state index in [9.17, 15) is 13.2 Å². The number of nitrogens with zero attached hydrogens (tertiary/aromatic N) is 4. The quantitative estimate of drug-likeness (QED) is 0.848. The molecule has 0 saturated heterocycles. The van der Waals surface area contributed by atoms with Crippen molar-refractivity contribution >= 4 is 5.69 Å². The zero-order valence-corrected chi connectivity index (χ0v) is 9.72. The van der Waals surface area contributed by atoms with Gasteiger partial charge in [0.2, 0.25) is 0 Å². The van der Waals surface area contributed by atoms with Gasteiger partial charge in [0.05, 0.1) is 16.9 Å². The molecule has 3 rings (SSSR count). The van der Waals surface area contributed by atoms with Gasteiger partial charge < -0.3 is 5.73 Å². The molecule has 1 fully saturated rings. The van der Waals surface area contributed by atoms with E-state index in [1.54, 1.807) is 0 Å². The van der Waals surface area contributed by atoms with Crippen molar-refractivity contribution in [3.8, 4) is 5.69 Å². The molecule has 1 aliphatic carbocycles. The fourth-order valence-corrected chi connectivity index (χ4v) is 1.89. The Morgan fingerprint density at radius 1 is 1.26 bits per heavy atom. The highest BCUT2D eigenvalue weighted by molar-refractivity contribution is 5.59. The molecule has 1 saturated carbocycles. The van der Waals surface area contributed by atoms with E-state index in [0.717, 1.165) is 25.0 Å². The number of alkyl halides is 3. The third kappa shape index (κ3) is 2.13. The first-order valence-electron chi connectivity index (χ1n) is 5.72. The van der Waals surface area contributed by atoms with Crippen molar-refractivity contribution in [2.45, 2.75) is 24.9 Å². The fraction of sp³-hybridized carbons (Fsp3) is 0.364. The molecule has 8 heteroatoms. The summed E-state index contributed by atoms with van der Waals surface area (Å²) < 4.78 is 39.1. The second kappa shape index (κ2) is 3.94. The largest absolute Gasteiger partial charge is 0.416 e. The van der Waals surface area contributed by atoms with Crippen LogP contribution in [0.2, 0.25) is 0 Å². The molecule has 0 spiro atoms. The molecule has 100 valence electrons. The maximum Gasteiger partial charge on any atom is 0.416 e. The molecular formula is C11H10F3N5. The van der Waals surface area contributed by atoms with E-state index >= 15 is 0 Å². The van der Waals surface area contributed by atoms with Gasteiger partial charge in [-0.3, -0.25) is 0 Å². The SMILES string of the molecule is Nc1cc(C(F)(F)F)ccc1-n1nnnc1C1CC1. The Labute approximate surface area is 106 Å². The Morgan fingerprint density at radius 2 is 2.00 bits per heavy atom. The van der Waals surface area contributed by atoms with Crippen LogP contribution < -0.4 is 5.73 Å². The van der Waals surface area contributed by atoms with Crippen LogP contribution in [0.15, 0.2) is 18.2 Å². The topological polar surface area (TPSA) is 69.6 Å². The van der Waals surface area contributed by atoms with Gasteiger partial charge in [-0.25, -0.2) is 0 Å². The summed E-state index contributed by atoms with van der Waals surface area (Å²) in [5.41, 5.74) is 5.28. The molecule has 1 aromatic heterocycles. The molecule has 2 N–H and O–H groups in total. The third-order valence-electron chi connectivity index (χ3n) is 3.02. The van der Waals surface area contributed by atoms with Gasteiger partial charge >= 0.3 is 6.18 Å². The molecule has 2 aromatic rings.